The van der Waals surface area contributed by atoms with Crippen molar-refractivity contribution >= 4 is 29.0 Å². The zero-order valence-corrected chi connectivity index (χ0v) is 10.7. The summed E-state index contributed by atoms with van der Waals surface area (Å²) in [6.45, 7) is 1.83. The Kier molecular flexibility index (Phi) is 3.79. The molecular formula is C14H13NO2S. The van der Waals surface area contributed by atoms with Gasteiger partial charge in [-0.3, -0.25) is 4.79 Å². The van der Waals surface area contributed by atoms with Crippen molar-refractivity contribution in [2.24, 2.45) is 0 Å². The fourth-order valence-electron chi connectivity index (χ4n) is 1.51. The molecule has 0 saturated heterocycles. The number of nitrogens with one attached hydrogen (secondary N) is 1. The molecule has 1 amide bonds. The van der Waals surface area contributed by atoms with E-state index in [0.29, 0.717) is 5.69 Å². The fraction of sp³-hybridized carbons (Fsp3) is 0.0714. The van der Waals surface area contributed by atoms with Crippen LogP contribution in [0.15, 0.2) is 41.8 Å². The number of phenolic OH excluding ortho intramolecular Hbond substituents is 1. The maximum absolute atomic E-state index is 11.7. The van der Waals surface area contributed by atoms with Crippen molar-refractivity contribution in [1.82, 2.24) is 0 Å². The van der Waals surface area contributed by atoms with Gasteiger partial charge in [0.1, 0.15) is 5.75 Å². The van der Waals surface area contributed by atoms with E-state index >= 15 is 0 Å². The van der Waals surface area contributed by atoms with E-state index in [1.54, 1.807) is 35.6 Å². The van der Waals surface area contributed by atoms with E-state index in [4.69, 9.17) is 0 Å². The van der Waals surface area contributed by atoms with Gasteiger partial charge in [0.2, 0.25) is 5.91 Å². The highest BCUT2D eigenvalue weighted by Gasteiger charge is 2.02. The van der Waals surface area contributed by atoms with Gasteiger partial charge in [0.25, 0.3) is 0 Å². The monoisotopic (exact) mass is 259 g/mol. The molecule has 1 aromatic heterocycles. The smallest absolute Gasteiger partial charge is 0.248 e. The maximum Gasteiger partial charge on any atom is 0.248 e. The number of hydrogen-bond acceptors (Lipinski definition) is 3. The third-order valence-electron chi connectivity index (χ3n) is 2.41. The van der Waals surface area contributed by atoms with Crippen LogP contribution in [0.25, 0.3) is 6.08 Å². The number of rotatable bonds is 3. The van der Waals surface area contributed by atoms with E-state index in [2.05, 4.69) is 5.32 Å². The Morgan fingerprint density at radius 3 is 2.89 bits per heavy atom. The normalized spacial score (nSPS) is 10.7. The number of aryl methyl sites for hydroxylation is 1. The van der Waals surface area contributed by atoms with Crippen LogP contribution in [0.1, 0.15) is 10.4 Å². The van der Waals surface area contributed by atoms with Crippen LogP contribution in [0.2, 0.25) is 0 Å². The van der Waals surface area contributed by atoms with Crippen LogP contribution < -0.4 is 5.32 Å². The van der Waals surface area contributed by atoms with Crippen molar-refractivity contribution in [2.75, 3.05) is 5.32 Å². The van der Waals surface area contributed by atoms with Crippen molar-refractivity contribution in [2.45, 2.75) is 6.92 Å². The molecule has 0 unspecified atom stereocenters. The minimum atomic E-state index is -0.183. The Morgan fingerprint density at radius 2 is 2.22 bits per heavy atom. The van der Waals surface area contributed by atoms with Crippen LogP contribution in [-0.4, -0.2) is 11.0 Å². The number of carbonyl (C=O) groups excluding carboxylic acids is 1. The predicted molar refractivity (Wildman–Crippen MR) is 74.8 cm³/mol. The van der Waals surface area contributed by atoms with E-state index in [1.165, 1.54) is 6.08 Å². The van der Waals surface area contributed by atoms with Gasteiger partial charge in [-0.05, 0) is 48.2 Å². The van der Waals surface area contributed by atoms with Gasteiger partial charge < -0.3 is 10.4 Å². The second kappa shape index (κ2) is 5.51. The highest BCUT2D eigenvalue weighted by molar-refractivity contribution is 7.10. The first-order valence-corrected chi connectivity index (χ1v) is 6.35. The molecule has 0 fully saturated rings. The summed E-state index contributed by atoms with van der Waals surface area (Å²) >= 11 is 1.58. The summed E-state index contributed by atoms with van der Waals surface area (Å²) in [6, 6.07) is 8.72. The summed E-state index contributed by atoms with van der Waals surface area (Å²) in [5.41, 5.74) is 1.53. The minimum absolute atomic E-state index is 0.183. The third-order valence-corrected chi connectivity index (χ3v) is 3.25. The number of anilines is 1. The molecule has 1 heterocycles. The molecule has 0 saturated carbocycles. The van der Waals surface area contributed by atoms with Gasteiger partial charge in [-0.25, -0.2) is 0 Å². The lowest BCUT2D eigenvalue weighted by Crippen LogP contribution is -2.08. The van der Waals surface area contributed by atoms with Crippen LogP contribution in [0.3, 0.4) is 0 Å². The van der Waals surface area contributed by atoms with Gasteiger partial charge in [0.05, 0.1) is 0 Å². The molecule has 1 aromatic carbocycles. The van der Waals surface area contributed by atoms with Gasteiger partial charge in [-0.1, -0.05) is 6.07 Å². The first-order chi connectivity index (χ1) is 8.65. The molecule has 0 aliphatic rings. The van der Waals surface area contributed by atoms with Gasteiger partial charge in [-0.2, -0.15) is 0 Å². The number of thiophene rings is 1. The zero-order chi connectivity index (χ0) is 13.0. The molecule has 0 atom stereocenters. The Balaban J connectivity index is 2.03. The second-order valence-corrected chi connectivity index (χ2v) is 4.82. The molecule has 18 heavy (non-hydrogen) atoms. The summed E-state index contributed by atoms with van der Waals surface area (Å²) in [7, 11) is 0. The maximum atomic E-state index is 11.7. The highest BCUT2D eigenvalue weighted by Crippen LogP contribution is 2.20. The standard InChI is InChI=1S/C14H13NO2S/c1-10-9-11(16)4-6-13(10)15-14(17)7-5-12-3-2-8-18-12/h2-9,16H,1H3,(H,15,17). The van der Waals surface area contributed by atoms with Crippen LogP contribution in [0.5, 0.6) is 5.75 Å². The van der Waals surface area contributed by atoms with E-state index < -0.39 is 0 Å². The summed E-state index contributed by atoms with van der Waals surface area (Å²) in [5.74, 6) is 0.0109. The Hall–Kier alpha value is -2.07. The average Bonchev–Trinajstić information content (AvgIpc) is 2.83. The van der Waals surface area contributed by atoms with E-state index in [9.17, 15) is 9.90 Å². The van der Waals surface area contributed by atoms with Gasteiger partial charge in [-0.15, -0.1) is 11.3 Å². The highest BCUT2D eigenvalue weighted by atomic mass is 32.1. The largest absolute Gasteiger partial charge is 0.508 e. The Morgan fingerprint density at radius 1 is 1.39 bits per heavy atom. The lowest BCUT2D eigenvalue weighted by atomic mass is 10.2. The molecule has 92 valence electrons. The van der Waals surface area contributed by atoms with Crippen LogP contribution in [0, 0.1) is 6.92 Å². The average molecular weight is 259 g/mol. The van der Waals surface area contributed by atoms with Gasteiger partial charge in [0.15, 0.2) is 0 Å². The van der Waals surface area contributed by atoms with E-state index in [1.807, 2.05) is 24.4 Å². The lowest BCUT2D eigenvalue weighted by Gasteiger charge is -2.06. The lowest BCUT2D eigenvalue weighted by molar-refractivity contribution is -0.111. The molecule has 0 aliphatic carbocycles. The molecule has 4 heteroatoms. The number of amides is 1. The topological polar surface area (TPSA) is 49.3 Å². The summed E-state index contributed by atoms with van der Waals surface area (Å²) in [4.78, 5) is 12.7. The number of carbonyl (C=O) groups is 1. The van der Waals surface area contributed by atoms with Crippen LogP contribution in [-0.2, 0) is 4.79 Å². The van der Waals surface area contributed by atoms with Crippen molar-refractivity contribution < 1.29 is 9.90 Å². The second-order valence-electron chi connectivity index (χ2n) is 3.84. The molecule has 2 aromatic rings. The zero-order valence-electron chi connectivity index (χ0n) is 9.88. The van der Waals surface area contributed by atoms with Crippen LogP contribution >= 0.6 is 11.3 Å². The number of aromatic hydroxyl groups is 1. The van der Waals surface area contributed by atoms with Crippen molar-refractivity contribution in [3.8, 4) is 5.75 Å². The SMILES string of the molecule is Cc1cc(O)ccc1NC(=O)C=Cc1cccs1. The Bertz CT molecular complexity index is 573. The Labute approximate surface area is 109 Å². The van der Waals surface area contributed by atoms with Crippen molar-refractivity contribution in [1.29, 1.82) is 0 Å². The van der Waals surface area contributed by atoms with E-state index in [0.717, 1.165) is 10.4 Å². The molecular weight excluding hydrogens is 246 g/mol. The molecule has 0 radical (unpaired) electrons. The summed E-state index contributed by atoms with van der Waals surface area (Å²) in [5, 5.41) is 14.0. The number of benzene rings is 1. The molecule has 3 nitrogen and oxygen atoms in total. The quantitative estimate of drug-likeness (QED) is 0.655. The predicted octanol–water partition coefficient (Wildman–Crippen LogP) is 3.41. The first-order valence-electron chi connectivity index (χ1n) is 5.47. The molecule has 2 N–H and O–H groups in total. The first kappa shape index (κ1) is 12.4. The molecule has 0 spiro atoms. The fourth-order valence-corrected chi connectivity index (χ4v) is 2.12. The summed E-state index contributed by atoms with van der Waals surface area (Å²) < 4.78 is 0. The summed E-state index contributed by atoms with van der Waals surface area (Å²) in [6.07, 6.45) is 3.27. The molecule has 0 bridgehead atoms. The van der Waals surface area contributed by atoms with Crippen LogP contribution in [0.4, 0.5) is 5.69 Å². The molecule has 0 aliphatic heterocycles. The van der Waals surface area contributed by atoms with Gasteiger partial charge >= 0.3 is 0 Å². The minimum Gasteiger partial charge on any atom is -0.508 e. The third kappa shape index (κ3) is 3.21. The van der Waals surface area contributed by atoms with Crippen molar-refractivity contribution in [3.63, 3.8) is 0 Å². The van der Waals surface area contributed by atoms with E-state index in [-0.39, 0.29) is 11.7 Å². The van der Waals surface area contributed by atoms with Crippen molar-refractivity contribution in [3.05, 3.63) is 52.2 Å². The van der Waals surface area contributed by atoms with Gasteiger partial charge in [0, 0.05) is 16.6 Å². The molecule has 2 rings (SSSR count). The number of phenols is 1. The number of hydrogen-bond donors (Lipinski definition) is 2.